The minimum absolute atomic E-state index is 1.10. The first kappa shape index (κ1) is 41.7. The van der Waals surface area contributed by atoms with Crippen LogP contribution in [0.2, 0.25) is 0 Å². The molecule has 0 saturated carbocycles. The Labute approximate surface area is 414 Å². The number of nitrogens with zero attached hydrogens (tertiary/aromatic N) is 3. The van der Waals surface area contributed by atoms with Gasteiger partial charge < -0.3 is 14.7 Å². The predicted octanol–water partition coefficient (Wildman–Crippen LogP) is 19.5. The molecular weight excluding hydrogens is 859 g/mol. The maximum Gasteiger partial charge on any atom is 0.0540 e. The lowest BCUT2D eigenvalue weighted by atomic mass is 9.98. The molecule has 3 heteroatoms. The molecule has 0 bridgehead atoms. The van der Waals surface area contributed by atoms with Crippen LogP contribution in [0.5, 0.6) is 0 Å². The normalized spacial score (nSPS) is 11.4. The molecule has 0 aromatic heterocycles. The van der Waals surface area contributed by atoms with Gasteiger partial charge in [0, 0.05) is 50.9 Å². The highest BCUT2D eigenvalue weighted by Gasteiger charge is 2.19. The summed E-state index contributed by atoms with van der Waals surface area (Å²) in [5, 5.41) is 12.1. The number of fused-ring (bicyclic) bond motifs is 7. The fourth-order valence-electron chi connectivity index (χ4n) is 10.5. The van der Waals surface area contributed by atoms with Gasteiger partial charge in [0.05, 0.1) is 5.69 Å². The molecule has 13 aromatic rings. The molecule has 0 spiro atoms. The largest absolute Gasteiger partial charge is 0.310 e. The molecule has 0 fully saturated rings. The summed E-state index contributed by atoms with van der Waals surface area (Å²) in [4.78, 5) is 7.10. The highest BCUT2D eigenvalue weighted by molar-refractivity contribution is 6.12. The Hall–Kier alpha value is -9.44. The van der Waals surface area contributed by atoms with Crippen LogP contribution in [0.15, 0.2) is 285 Å². The monoisotopic (exact) mass is 905 g/mol. The van der Waals surface area contributed by atoms with Gasteiger partial charge in [-0.25, -0.2) is 0 Å². The second-order valence-corrected chi connectivity index (χ2v) is 18.2. The highest BCUT2D eigenvalue weighted by Crippen LogP contribution is 2.44. The van der Waals surface area contributed by atoms with E-state index in [1.807, 2.05) is 0 Å². The smallest absolute Gasteiger partial charge is 0.0540 e. The van der Waals surface area contributed by atoms with Gasteiger partial charge >= 0.3 is 0 Å². The molecule has 71 heavy (non-hydrogen) atoms. The first-order valence-corrected chi connectivity index (χ1v) is 24.3. The molecule has 334 valence electrons. The lowest BCUT2D eigenvalue weighted by Gasteiger charge is -2.27. The standard InChI is InChI=1S/C68H47N3/c1-5-16-48(17-6-1)49-32-34-58(35-33-49)69(55-20-7-2-8-21-55)59-36-40-63-51(44-59)28-29-52-45-60(37-41-64(52)63)70(56-22-9-3-10-23-56)61-38-42-65-53(46-61)30-31-54-47-62(39-43-66(54)65)71(57-24-11-4-12-25-57)68-27-15-19-50-18-13-14-26-67(50)68/h1-47H. The molecule has 0 aliphatic rings. The Kier molecular flexibility index (Phi) is 10.5. The van der Waals surface area contributed by atoms with Crippen LogP contribution in [-0.2, 0) is 0 Å². The molecule has 3 nitrogen and oxygen atoms in total. The summed E-state index contributed by atoms with van der Waals surface area (Å²) in [7, 11) is 0. The molecule has 13 rings (SSSR count). The van der Waals surface area contributed by atoms with Crippen LogP contribution in [0.1, 0.15) is 0 Å². The summed E-state index contributed by atoms with van der Waals surface area (Å²) < 4.78 is 0. The summed E-state index contributed by atoms with van der Waals surface area (Å²) >= 11 is 0. The van der Waals surface area contributed by atoms with Crippen molar-refractivity contribution in [2.45, 2.75) is 0 Å². The minimum Gasteiger partial charge on any atom is -0.310 e. The van der Waals surface area contributed by atoms with E-state index in [4.69, 9.17) is 0 Å². The zero-order valence-electron chi connectivity index (χ0n) is 39.0. The lowest BCUT2D eigenvalue weighted by Crippen LogP contribution is -2.10. The van der Waals surface area contributed by atoms with Crippen molar-refractivity contribution in [1.29, 1.82) is 0 Å². The third-order valence-corrected chi connectivity index (χ3v) is 13.9. The molecule has 0 radical (unpaired) electrons. The van der Waals surface area contributed by atoms with Gasteiger partial charge in [-0.1, -0.05) is 182 Å². The second-order valence-electron chi connectivity index (χ2n) is 18.2. The number of para-hydroxylation sites is 3. The average molecular weight is 906 g/mol. The fraction of sp³-hybridized carbons (Fsp3) is 0. The average Bonchev–Trinajstić information content (AvgIpc) is 3.44. The van der Waals surface area contributed by atoms with E-state index in [9.17, 15) is 0 Å². The Bertz CT molecular complexity index is 4040. The predicted molar refractivity (Wildman–Crippen MR) is 303 cm³/mol. The maximum atomic E-state index is 2.38. The topological polar surface area (TPSA) is 9.72 Å². The Morgan fingerprint density at radius 1 is 0.169 bits per heavy atom. The highest BCUT2D eigenvalue weighted by atomic mass is 15.2. The molecule has 0 aliphatic heterocycles. The van der Waals surface area contributed by atoms with Crippen LogP contribution in [0.4, 0.5) is 51.2 Å². The summed E-state index contributed by atoms with van der Waals surface area (Å²) in [6.07, 6.45) is 0. The van der Waals surface area contributed by atoms with Crippen molar-refractivity contribution in [3.63, 3.8) is 0 Å². The summed E-state index contributed by atoms with van der Waals surface area (Å²) in [6, 6.07) is 103. The summed E-state index contributed by atoms with van der Waals surface area (Å²) in [6.45, 7) is 0. The van der Waals surface area contributed by atoms with Crippen LogP contribution in [0, 0.1) is 0 Å². The van der Waals surface area contributed by atoms with Gasteiger partial charge in [0.15, 0.2) is 0 Å². The molecule has 0 amide bonds. The van der Waals surface area contributed by atoms with E-state index in [-0.39, 0.29) is 0 Å². The van der Waals surface area contributed by atoms with Crippen LogP contribution >= 0.6 is 0 Å². The van der Waals surface area contributed by atoms with Gasteiger partial charge in [-0.15, -0.1) is 0 Å². The van der Waals surface area contributed by atoms with Crippen molar-refractivity contribution in [3.05, 3.63) is 285 Å². The fourth-order valence-corrected chi connectivity index (χ4v) is 10.5. The van der Waals surface area contributed by atoms with Gasteiger partial charge in [0.1, 0.15) is 0 Å². The SMILES string of the molecule is c1ccc(-c2ccc(N(c3ccccc3)c3ccc4c(ccc5cc(N(c6ccccc6)c6ccc7c(ccc8cc(N(c9ccccc9)c9cccc%10ccccc9%10)ccc87)c6)ccc54)c3)cc2)cc1. The zero-order valence-corrected chi connectivity index (χ0v) is 39.0. The molecule has 0 N–H and O–H groups in total. The van der Waals surface area contributed by atoms with Crippen molar-refractivity contribution in [2.24, 2.45) is 0 Å². The summed E-state index contributed by atoms with van der Waals surface area (Å²) in [5.41, 5.74) is 12.5. The maximum absolute atomic E-state index is 2.38. The lowest BCUT2D eigenvalue weighted by molar-refractivity contribution is 1.29. The number of anilines is 9. The first-order valence-electron chi connectivity index (χ1n) is 24.3. The van der Waals surface area contributed by atoms with Crippen LogP contribution < -0.4 is 14.7 Å². The first-order chi connectivity index (χ1) is 35.2. The third kappa shape index (κ3) is 7.76. The van der Waals surface area contributed by atoms with Crippen molar-refractivity contribution < 1.29 is 0 Å². The number of rotatable bonds is 10. The van der Waals surface area contributed by atoms with Crippen molar-refractivity contribution >= 4 is 105 Å². The molecule has 13 aromatic carbocycles. The van der Waals surface area contributed by atoms with Crippen molar-refractivity contribution in [2.75, 3.05) is 14.7 Å². The van der Waals surface area contributed by atoms with Crippen LogP contribution in [-0.4, -0.2) is 0 Å². The minimum atomic E-state index is 1.10. The third-order valence-electron chi connectivity index (χ3n) is 13.9. The Morgan fingerprint density at radius 2 is 0.493 bits per heavy atom. The van der Waals surface area contributed by atoms with Crippen LogP contribution in [0.25, 0.3) is 65.0 Å². The van der Waals surface area contributed by atoms with Crippen molar-refractivity contribution in [1.82, 2.24) is 0 Å². The van der Waals surface area contributed by atoms with Crippen molar-refractivity contribution in [3.8, 4) is 11.1 Å². The molecule has 0 unspecified atom stereocenters. The molecule has 0 atom stereocenters. The van der Waals surface area contributed by atoms with E-state index in [0.717, 1.165) is 51.2 Å². The molecule has 0 saturated heterocycles. The molecule has 0 aliphatic carbocycles. The van der Waals surface area contributed by atoms with Gasteiger partial charge in [-0.3, -0.25) is 0 Å². The van der Waals surface area contributed by atoms with Gasteiger partial charge in [-0.2, -0.15) is 0 Å². The Morgan fingerprint density at radius 3 is 0.958 bits per heavy atom. The van der Waals surface area contributed by atoms with Crippen LogP contribution in [0.3, 0.4) is 0 Å². The van der Waals surface area contributed by atoms with E-state index in [1.54, 1.807) is 0 Å². The number of hydrogen-bond donors (Lipinski definition) is 0. The number of benzene rings is 13. The molecule has 0 heterocycles. The molecular formula is C68H47N3. The second kappa shape index (κ2) is 17.9. The summed E-state index contributed by atoms with van der Waals surface area (Å²) in [5.74, 6) is 0. The van der Waals surface area contributed by atoms with E-state index < -0.39 is 0 Å². The van der Waals surface area contributed by atoms with E-state index in [2.05, 4.69) is 300 Å². The van der Waals surface area contributed by atoms with E-state index >= 15 is 0 Å². The van der Waals surface area contributed by atoms with Gasteiger partial charge in [0.2, 0.25) is 0 Å². The zero-order chi connectivity index (χ0) is 47.1. The quantitative estimate of drug-likeness (QED) is 0.127. The number of hydrogen-bond acceptors (Lipinski definition) is 3. The van der Waals surface area contributed by atoms with E-state index in [1.165, 1.54) is 65.0 Å². The Balaban J connectivity index is 0.855. The van der Waals surface area contributed by atoms with Gasteiger partial charge in [0.25, 0.3) is 0 Å². The van der Waals surface area contributed by atoms with Gasteiger partial charge in [-0.05, 0) is 163 Å². The van der Waals surface area contributed by atoms with E-state index in [0.29, 0.717) is 0 Å².